The zero-order chi connectivity index (χ0) is 25.1. The largest absolute Gasteiger partial charge is 0.423 e. The second-order valence-electron chi connectivity index (χ2n) is 6.31. The van der Waals surface area contributed by atoms with E-state index in [2.05, 4.69) is 26.3 Å². The monoisotopic (exact) mass is 460 g/mol. The first-order chi connectivity index (χ1) is 16.3. The van der Waals surface area contributed by atoms with Gasteiger partial charge >= 0.3 is 23.9 Å². The van der Waals surface area contributed by atoms with Crippen molar-refractivity contribution in [3.8, 4) is 23.0 Å². The van der Waals surface area contributed by atoms with Gasteiger partial charge in [0.05, 0.1) is 0 Å². The van der Waals surface area contributed by atoms with E-state index in [0.717, 1.165) is 24.3 Å². The van der Waals surface area contributed by atoms with Crippen LogP contribution in [-0.4, -0.2) is 23.9 Å². The molecule has 0 aromatic heterocycles. The molecule has 0 radical (unpaired) electrons. The standard InChI is InChI=1S/C26H20O8/c1-5-23(27)31-19-11-17(12-20(15-19)32-24(28)6-2)9-10-18-13-21(33-25(29)7-3)16-22(14-18)34-26(30)8-4/h5-16H,1-4H2/b10-9+. The van der Waals surface area contributed by atoms with Crippen molar-refractivity contribution in [2.24, 2.45) is 0 Å². The number of carbonyl (C=O) groups is 4. The van der Waals surface area contributed by atoms with Gasteiger partial charge in [-0.3, -0.25) is 0 Å². The van der Waals surface area contributed by atoms with E-state index in [1.807, 2.05) is 0 Å². The molecule has 8 heteroatoms. The smallest absolute Gasteiger partial charge is 0.335 e. The fourth-order valence-corrected chi connectivity index (χ4v) is 2.44. The molecule has 0 saturated heterocycles. The van der Waals surface area contributed by atoms with Crippen LogP contribution in [0.5, 0.6) is 23.0 Å². The molecule has 0 atom stereocenters. The highest BCUT2D eigenvalue weighted by Gasteiger charge is 2.09. The number of carbonyl (C=O) groups excluding carboxylic acids is 4. The highest BCUT2D eigenvalue weighted by atomic mass is 16.6. The number of rotatable bonds is 10. The quantitative estimate of drug-likeness (QED) is 0.225. The molecule has 0 bridgehead atoms. The lowest BCUT2D eigenvalue weighted by atomic mass is 10.1. The van der Waals surface area contributed by atoms with E-state index in [1.54, 1.807) is 12.2 Å². The Kier molecular flexibility index (Phi) is 9.04. The van der Waals surface area contributed by atoms with E-state index in [4.69, 9.17) is 18.9 Å². The first-order valence-corrected chi connectivity index (χ1v) is 9.61. The maximum absolute atomic E-state index is 11.6. The first-order valence-electron chi connectivity index (χ1n) is 9.61. The Bertz CT molecular complexity index is 1030. The first kappa shape index (κ1) is 25.3. The summed E-state index contributed by atoms with van der Waals surface area (Å²) in [5.41, 5.74) is 0.971. The fourth-order valence-electron chi connectivity index (χ4n) is 2.44. The molecule has 0 unspecified atom stereocenters. The summed E-state index contributed by atoms with van der Waals surface area (Å²) in [6, 6.07) is 8.77. The van der Waals surface area contributed by atoms with Crippen LogP contribution in [0.4, 0.5) is 0 Å². The third-order valence-electron chi connectivity index (χ3n) is 3.81. The van der Waals surface area contributed by atoms with Crippen molar-refractivity contribution in [3.63, 3.8) is 0 Å². The molecule has 0 aliphatic rings. The van der Waals surface area contributed by atoms with Gasteiger partial charge < -0.3 is 18.9 Å². The van der Waals surface area contributed by atoms with Crippen molar-refractivity contribution in [3.05, 3.63) is 98.1 Å². The normalized spacial score (nSPS) is 10.0. The molecule has 2 aromatic carbocycles. The third-order valence-corrected chi connectivity index (χ3v) is 3.81. The van der Waals surface area contributed by atoms with Crippen molar-refractivity contribution in [2.45, 2.75) is 0 Å². The molecule has 34 heavy (non-hydrogen) atoms. The van der Waals surface area contributed by atoms with Gasteiger partial charge in [0, 0.05) is 36.4 Å². The van der Waals surface area contributed by atoms with Gasteiger partial charge in [-0.2, -0.15) is 0 Å². The van der Waals surface area contributed by atoms with Crippen molar-refractivity contribution in [1.29, 1.82) is 0 Å². The Labute approximate surface area is 195 Å². The van der Waals surface area contributed by atoms with Crippen LogP contribution in [0, 0.1) is 0 Å². The molecule has 2 rings (SSSR count). The SMILES string of the molecule is C=CC(=O)Oc1cc(/C=C/c2cc(OC(=O)C=C)cc(OC(=O)C=C)c2)cc(OC(=O)C=C)c1. The van der Waals surface area contributed by atoms with E-state index < -0.39 is 23.9 Å². The molecule has 0 amide bonds. The summed E-state index contributed by atoms with van der Waals surface area (Å²) in [4.78, 5) is 46.3. The summed E-state index contributed by atoms with van der Waals surface area (Å²) in [7, 11) is 0. The van der Waals surface area contributed by atoms with Crippen molar-refractivity contribution >= 4 is 36.0 Å². The van der Waals surface area contributed by atoms with Crippen LogP contribution in [-0.2, 0) is 19.2 Å². The number of hydrogen-bond acceptors (Lipinski definition) is 8. The predicted octanol–water partition coefficient (Wildman–Crippen LogP) is 4.22. The minimum Gasteiger partial charge on any atom is -0.423 e. The van der Waals surface area contributed by atoms with E-state index in [-0.39, 0.29) is 23.0 Å². The molecule has 0 aliphatic heterocycles. The Hall–Kier alpha value is -4.98. The summed E-state index contributed by atoms with van der Waals surface area (Å²) < 4.78 is 20.5. The molecule has 0 fully saturated rings. The average Bonchev–Trinajstić information content (AvgIpc) is 2.82. The van der Waals surface area contributed by atoms with E-state index >= 15 is 0 Å². The van der Waals surface area contributed by atoms with Crippen molar-refractivity contribution in [2.75, 3.05) is 0 Å². The van der Waals surface area contributed by atoms with Crippen LogP contribution in [0.2, 0.25) is 0 Å². The number of esters is 4. The minimum atomic E-state index is -0.701. The second-order valence-corrected chi connectivity index (χ2v) is 6.31. The van der Waals surface area contributed by atoms with Gasteiger partial charge in [0.25, 0.3) is 0 Å². The molecule has 172 valence electrons. The summed E-state index contributed by atoms with van der Waals surface area (Å²) in [6.45, 7) is 13.4. The van der Waals surface area contributed by atoms with Gasteiger partial charge in [-0.1, -0.05) is 38.5 Å². The van der Waals surface area contributed by atoms with Gasteiger partial charge in [-0.15, -0.1) is 0 Å². The molecule has 0 heterocycles. The minimum absolute atomic E-state index is 0.105. The molecule has 0 N–H and O–H groups in total. The van der Waals surface area contributed by atoms with Crippen molar-refractivity contribution in [1.82, 2.24) is 0 Å². The highest BCUT2D eigenvalue weighted by molar-refractivity contribution is 5.86. The van der Waals surface area contributed by atoms with Crippen LogP contribution in [0.15, 0.2) is 87.0 Å². The third kappa shape index (κ3) is 7.93. The zero-order valence-corrected chi connectivity index (χ0v) is 18.0. The Morgan fingerprint density at radius 1 is 0.471 bits per heavy atom. The van der Waals surface area contributed by atoms with Crippen LogP contribution in [0.1, 0.15) is 11.1 Å². The number of benzene rings is 2. The lowest BCUT2D eigenvalue weighted by molar-refractivity contribution is -0.130. The maximum atomic E-state index is 11.6. The summed E-state index contributed by atoms with van der Waals surface area (Å²) in [5, 5.41) is 0. The number of hydrogen-bond donors (Lipinski definition) is 0. The summed E-state index contributed by atoms with van der Waals surface area (Å²) >= 11 is 0. The molecular formula is C26H20O8. The van der Waals surface area contributed by atoms with Crippen molar-refractivity contribution < 1.29 is 38.1 Å². The zero-order valence-electron chi connectivity index (χ0n) is 18.0. The van der Waals surface area contributed by atoms with Crippen LogP contribution in [0.25, 0.3) is 12.2 Å². The van der Waals surface area contributed by atoms with Crippen LogP contribution in [0.3, 0.4) is 0 Å². The second kappa shape index (κ2) is 12.2. The molecule has 0 saturated carbocycles. The number of ether oxygens (including phenoxy) is 4. The summed E-state index contributed by atoms with van der Waals surface area (Å²) in [6.07, 6.45) is 7.15. The topological polar surface area (TPSA) is 105 Å². The van der Waals surface area contributed by atoms with E-state index in [9.17, 15) is 19.2 Å². The van der Waals surface area contributed by atoms with Crippen LogP contribution >= 0.6 is 0 Å². The molecule has 8 nitrogen and oxygen atoms in total. The Morgan fingerprint density at radius 3 is 0.912 bits per heavy atom. The molecule has 2 aromatic rings. The van der Waals surface area contributed by atoms with Gasteiger partial charge in [0.15, 0.2) is 0 Å². The summed E-state index contributed by atoms with van der Waals surface area (Å²) in [5.74, 6) is -2.39. The lowest BCUT2D eigenvalue weighted by Crippen LogP contribution is -2.06. The molecular weight excluding hydrogens is 440 g/mol. The fraction of sp³-hybridized carbons (Fsp3) is 0. The Balaban J connectivity index is 2.45. The Morgan fingerprint density at radius 2 is 0.706 bits per heavy atom. The van der Waals surface area contributed by atoms with Gasteiger partial charge in [0.1, 0.15) is 23.0 Å². The highest BCUT2D eigenvalue weighted by Crippen LogP contribution is 2.27. The van der Waals surface area contributed by atoms with Gasteiger partial charge in [-0.25, -0.2) is 19.2 Å². The maximum Gasteiger partial charge on any atom is 0.335 e. The predicted molar refractivity (Wildman–Crippen MR) is 125 cm³/mol. The van der Waals surface area contributed by atoms with E-state index in [1.165, 1.54) is 36.4 Å². The van der Waals surface area contributed by atoms with Gasteiger partial charge in [-0.05, 0) is 35.4 Å². The molecule has 0 spiro atoms. The average molecular weight is 460 g/mol. The van der Waals surface area contributed by atoms with Gasteiger partial charge in [0.2, 0.25) is 0 Å². The van der Waals surface area contributed by atoms with E-state index in [0.29, 0.717) is 11.1 Å². The lowest BCUT2D eigenvalue weighted by Gasteiger charge is -2.08. The molecule has 0 aliphatic carbocycles. The van der Waals surface area contributed by atoms with Crippen LogP contribution < -0.4 is 18.9 Å².